The van der Waals surface area contributed by atoms with Crippen molar-refractivity contribution in [3.8, 4) is 0 Å². The third-order valence-electron chi connectivity index (χ3n) is 1.08. The first-order valence-corrected chi connectivity index (χ1v) is 5.01. The molecule has 0 spiro atoms. The van der Waals surface area contributed by atoms with E-state index in [1.165, 1.54) is 0 Å². The van der Waals surface area contributed by atoms with Gasteiger partial charge in [-0.3, -0.25) is 0 Å². The second kappa shape index (κ2) is 5.45. The minimum absolute atomic E-state index is 0.240. The lowest BCUT2D eigenvalue weighted by atomic mass is 9.97. The van der Waals surface area contributed by atoms with E-state index in [1.807, 2.05) is 19.4 Å². The van der Waals surface area contributed by atoms with Crippen molar-refractivity contribution >= 4 is 22.6 Å². The van der Waals surface area contributed by atoms with Gasteiger partial charge in [0.2, 0.25) is 0 Å². The van der Waals surface area contributed by atoms with E-state index in [4.69, 9.17) is 0 Å². The monoisotopic (exact) mass is 280 g/mol. The molecule has 3 heteroatoms. The zero-order valence-electron chi connectivity index (χ0n) is 8.11. The van der Waals surface area contributed by atoms with Gasteiger partial charge in [-0.25, -0.2) is 0 Å². The third-order valence-corrected chi connectivity index (χ3v) is 1.70. The molecule has 12 heavy (non-hydrogen) atoms. The average Bonchev–Trinajstić information content (AvgIpc) is 1.84. The molecule has 0 amide bonds. The zero-order chi connectivity index (χ0) is 9.61. The molecule has 0 unspecified atom stereocenters. The highest BCUT2D eigenvalue weighted by Gasteiger charge is 2.02. The van der Waals surface area contributed by atoms with Crippen molar-refractivity contribution in [2.75, 3.05) is 7.05 Å². The number of hydrogen-bond donors (Lipinski definition) is 2. The third kappa shape index (κ3) is 7.91. The van der Waals surface area contributed by atoms with E-state index in [0.29, 0.717) is 0 Å². The fraction of sp³-hybridized carbons (Fsp3) is 0.556. The molecule has 2 nitrogen and oxygen atoms in total. The molecule has 0 aliphatic carbocycles. The van der Waals surface area contributed by atoms with E-state index >= 15 is 0 Å². The summed E-state index contributed by atoms with van der Waals surface area (Å²) in [5.41, 5.74) is 0.240. The molecule has 0 aliphatic rings. The number of hydrogen-bond acceptors (Lipinski definition) is 2. The molecule has 0 aromatic heterocycles. The summed E-state index contributed by atoms with van der Waals surface area (Å²) in [6.07, 6.45) is 6.01. The van der Waals surface area contributed by atoms with Gasteiger partial charge in [0.25, 0.3) is 0 Å². The predicted molar refractivity (Wildman–Crippen MR) is 62.9 cm³/mol. The standard InChI is InChI=1S/C9H17IN2/c1-9(2,3)5-6-12-8(10)7-11-4/h5-7,11-12H,1-4H3/b6-5-,8-7-. The molecule has 0 bridgehead atoms. The van der Waals surface area contributed by atoms with Gasteiger partial charge in [0.05, 0.1) is 3.70 Å². The Labute approximate surface area is 88.6 Å². The molecule has 0 aromatic rings. The Hall–Kier alpha value is -0.190. The molecule has 0 atom stereocenters. The molecule has 0 aromatic carbocycles. The lowest BCUT2D eigenvalue weighted by molar-refractivity contribution is 0.541. The average molecular weight is 280 g/mol. The van der Waals surface area contributed by atoms with Crippen LogP contribution in [0.3, 0.4) is 0 Å². The Morgan fingerprint density at radius 1 is 1.33 bits per heavy atom. The van der Waals surface area contributed by atoms with Crippen LogP contribution < -0.4 is 10.6 Å². The molecule has 0 rings (SSSR count). The summed E-state index contributed by atoms with van der Waals surface area (Å²) in [5.74, 6) is 0. The van der Waals surface area contributed by atoms with Crippen LogP contribution in [0.1, 0.15) is 20.8 Å². The van der Waals surface area contributed by atoms with Crippen LogP contribution in [0.5, 0.6) is 0 Å². The van der Waals surface area contributed by atoms with Gasteiger partial charge in [-0.05, 0) is 34.2 Å². The van der Waals surface area contributed by atoms with Gasteiger partial charge in [0.15, 0.2) is 0 Å². The smallest absolute Gasteiger partial charge is 0.0930 e. The zero-order valence-corrected chi connectivity index (χ0v) is 10.3. The fourth-order valence-corrected chi connectivity index (χ4v) is 1.03. The van der Waals surface area contributed by atoms with Gasteiger partial charge in [0.1, 0.15) is 0 Å². The summed E-state index contributed by atoms with van der Waals surface area (Å²) in [4.78, 5) is 0. The first kappa shape index (κ1) is 11.8. The predicted octanol–water partition coefficient (Wildman–Crippen LogP) is 2.59. The second-order valence-corrected chi connectivity index (χ2v) is 4.79. The normalized spacial score (nSPS) is 13.6. The quantitative estimate of drug-likeness (QED) is 0.613. The maximum absolute atomic E-state index is 3.14. The van der Waals surface area contributed by atoms with Gasteiger partial charge in [-0.1, -0.05) is 26.8 Å². The van der Waals surface area contributed by atoms with Crippen LogP contribution >= 0.6 is 22.6 Å². The molecule has 0 fully saturated rings. The SMILES string of the molecule is CN/C=C(/I)N/C=C\C(C)(C)C. The molecule has 70 valence electrons. The number of rotatable bonds is 3. The molecule has 0 radical (unpaired) electrons. The highest BCUT2D eigenvalue weighted by molar-refractivity contribution is 14.1. The lowest BCUT2D eigenvalue weighted by Crippen LogP contribution is -2.06. The van der Waals surface area contributed by atoms with E-state index in [-0.39, 0.29) is 5.41 Å². The van der Waals surface area contributed by atoms with Gasteiger partial charge in [0, 0.05) is 13.2 Å². The van der Waals surface area contributed by atoms with Crippen LogP contribution in [0.15, 0.2) is 22.2 Å². The Kier molecular flexibility index (Phi) is 5.37. The van der Waals surface area contributed by atoms with Gasteiger partial charge in [-0.15, -0.1) is 0 Å². The number of halogens is 1. The van der Waals surface area contributed by atoms with Crippen molar-refractivity contribution in [3.05, 3.63) is 22.2 Å². The van der Waals surface area contributed by atoms with Gasteiger partial charge >= 0.3 is 0 Å². The van der Waals surface area contributed by atoms with Crippen LogP contribution in [0.2, 0.25) is 0 Å². The first-order chi connectivity index (χ1) is 5.45. The second-order valence-electron chi connectivity index (χ2n) is 3.62. The van der Waals surface area contributed by atoms with Crippen molar-refractivity contribution < 1.29 is 0 Å². The molecule has 0 aliphatic heterocycles. The maximum Gasteiger partial charge on any atom is 0.0930 e. The summed E-state index contributed by atoms with van der Waals surface area (Å²) < 4.78 is 1.08. The van der Waals surface area contributed by atoms with Gasteiger partial charge < -0.3 is 10.6 Å². The van der Waals surface area contributed by atoms with Crippen LogP contribution in [-0.4, -0.2) is 7.05 Å². The first-order valence-electron chi connectivity index (χ1n) is 3.93. The van der Waals surface area contributed by atoms with E-state index < -0.39 is 0 Å². The van der Waals surface area contributed by atoms with Crippen LogP contribution in [-0.2, 0) is 0 Å². The Balaban J connectivity index is 3.83. The Morgan fingerprint density at radius 2 is 1.92 bits per heavy atom. The maximum atomic E-state index is 3.14. The summed E-state index contributed by atoms with van der Waals surface area (Å²) in [6.45, 7) is 6.50. The van der Waals surface area contributed by atoms with Crippen LogP contribution in [0.4, 0.5) is 0 Å². The lowest BCUT2D eigenvalue weighted by Gasteiger charge is -2.11. The molecular weight excluding hydrogens is 263 g/mol. The topological polar surface area (TPSA) is 24.1 Å². The Morgan fingerprint density at radius 3 is 2.33 bits per heavy atom. The van der Waals surface area contributed by atoms with Crippen molar-refractivity contribution in [3.63, 3.8) is 0 Å². The highest BCUT2D eigenvalue weighted by Crippen LogP contribution is 2.14. The largest absolute Gasteiger partial charge is 0.392 e. The summed E-state index contributed by atoms with van der Waals surface area (Å²) in [7, 11) is 1.88. The number of nitrogens with one attached hydrogen (secondary N) is 2. The van der Waals surface area contributed by atoms with E-state index in [1.54, 1.807) is 0 Å². The van der Waals surface area contributed by atoms with Crippen molar-refractivity contribution in [2.45, 2.75) is 20.8 Å². The van der Waals surface area contributed by atoms with Gasteiger partial charge in [-0.2, -0.15) is 0 Å². The minimum atomic E-state index is 0.240. The molecule has 0 saturated heterocycles. The molecule has 0 saturated carbocycles. The minimum Gasteiger partial charge on any atom is -0.392 e. The Bertz CT molecular complexity index is 177. The number of allylic oxidation sites excluding steroid dienone is 1. The summed E-state index contributed by atoms with van der Waals surface area (Å²) in [6, 6.07) is 0. The van der Waals surface area contributed by atoms with Crippen LogP contribution in [0.25, 0.3) is 0 Å². The highest BCUT2D eigenvalue weighted by atomic mass is 127. The van der Waals surface area contributed by atoms with E-state index in [0.717, 1.165) is 3.70 Å². The van der Waals surface area contributed by atoms with E-state index in [9.17, 15) is 0 Å². The molecule has 2 N–H and O–H groups in total. The van der Waals surface area contributed by atoms with Crippen molar-refractivity contribution in [2.24, 2.45) is 5.41 Å². The van der Waals surface area contributed by atoms with Crippen molar-refractivity contribution in [1.82, 2.24) is 10.6 Å². The molecule has 0 heterocycles. The molecular formula is C9H17IN2. The summed E-state index contributed by atoms with van der Waals surface area (Å²) >= 11 is 2.23. The summed E-state index contributed by atoms with van der Waals surface area (Å²) in [5, 5.41) is 6.09. The van der Waals surface area contributed by atoms with E-state index in [2.05, 4.69) is 60.1 Å². The fourth-order valence-electron chi connectivity index (χ4n) is 0.540. The van der Waals surface area contributed by atoms with Crippen molar-refractivity contribution in [1.29, 1.82) is 0 Å². The van der Waals surface area contributed by atoms with Crippen LogP contribution in [0, 0.1) is 5.41 Å².